The minimum absolute atomic E-state index is 0.0214. The first-order chi connectivity index (χ1) is 15.0. The number of likely N-dealkylation sites (N-methyl/N-ethyl adjacent to an activating group) is 1. The predicted molar refractivity (Wildman–Crippen MR) is 115 cm³/mol. The number of rotatable bonds is 7. The van der Waals surface area contributed by atoms with Crippen LogP contribution in [-0.4, -0.2) is 68.2 Å². The van der Waals surface area contributed by atoms with Crippen LogP contribution in [0.3, 0.4) is 0 Å². The molecule has 6 nitrogen and oxygen atoms in total. The van der Waals surface area contributed by atoms with Gasteiger partial charge < -0.3 is 19.3 Å². The zero-order chi connectivity index (χ0) is 21.8. The van der Waals surface area contributed by atoms with Crippen molar-refractivity contribution < 1.29 is 23.5 Å². The molecule has 170 valence electrons. The number of carbonyl (C=O) groups is 2. The summed E-state index contributed by atoms with van der Waals surface area (Å²) >= 11 is 0. The maximum absolute atomic E-state index is 13.0. The first kappa shape index (κ1) is 22.1. The summed E-state index contributed by atoms with van der Waals surface area (Å²) in [5, 5.41) is 0. The lowest BCUT2D eigenvalue weighted by molar-refractivity contribution is -0.137. The lowest BCUT2D eigenvalue weighted by atomic mass is 9.74. The van der Waals surface area contributed by atoms with E-state index < -0.39 is 12.3 Å². The Morgan fingerprint density at radius 3 is 2.71 bits per heavy atom. The van der Waals surface area contributed by atoms with Crippen molar-refractivity contribution in [3.8, 4) is 5.75 Å². The van der Waals surface area contributed by atoms with Gasteiger partial charge in [0.05, 0.1) is 5.56 Å². The van der Waals surface area contributed by atoms with Crippen LogP contribution in [0, 0.1) is 5.92 Å². The molecular weight excluding hydrogens is 399 g/mol. The van der Waals surface area contributed by atoms with Crippen LogP contribution >= 0.6 is 0 Å². The topological polar surface area (TPSA) is 59.1 Å². The van der Waals surface area contributed by atoms with Crippen LogP contribution in [0.5, 0.6) is 5.75 Å². The van der Waals surface area contributed by atoms with Gasteiger partial charge in [-0.1, -0.05) is 12.5 Å². The molecule has 3 aliphatic rings. The summed E-state index contributed by atoms with van der Waals surface area (Å²) in [6, 6.07) is 5.28. The number of ether oxygens (including phenoxy) is 2. The highest BCUT2D eigenvalue weighted by molar-refractivity contribution is 5.95. The van der Waals surface area contributed by atoms with Crippen LogP contribution in [0.4, 0.5) is 4.39 Å². The van der Waals surface area contributed by atoms with Gasteiger partial charge in [-0.2, -0.15) is 0 Å². The molecule has 4 rings (SSSR count). The number of alkyl halides is 1. The Hall–Kier alpha value is -2.15. The van der Waals surface area contributed by atoms with Gasteiger partial charge in [-0.15, -0.1) is 0 Å². The van der Waals surface area contributed by atoms with E-state index in [2.05, 4.69) is 4.90 Å². The maximum Gasteiger partial charge on any atom is 0.339 e. The lowest BCUT2D eigenvalue weighted by Gasteiger charge is -2.37. The van der Waals surface area contributed by atoms with Gasteiger partial charge >= 0.3 is 5.97 Å². The number of likely N-dealkylation sites (tertiary alicyclic amines) is 1. The molecule has 2 heterocycles. The Labute approximate surface area is 183 Å². The zero-order valence-electron chi connectivity index (χ0n) is 18.4. The molecule has 0 aromatic heterocycles. The van der Waals surface area contributed by atoms with E-state index in [1.54, 1.807) is 12.1 Å². The Morgan fingerprint density at radius 1 is 1.26 bits per heavy atom. The van der Waals surface area contributed by atoms with Crippen LogP contribution in [0.15, 0.2) is 18.2 Å². The fraction of sp³-hybridized carbons (Fsp3) is 0.667. The van der Waals surface area contributed by atoms with E-state index >= 15 is 0 Å². The summed E-state index contributed by atoms with van der Waals surface area (Å²) in [5.74, 6) is 0.298. The molecule has 0 N–H and O–H groups in total. The van der Waals surface area contributed by atoms with Gasteiger partial charge in [0.15, 0.2) is 0 Å². The highest BCUT2D eigenvalue weighted by Gasteiger charge is 2.48. The first-order valence-electron chi connectivity index (χ1n) is 11.6. The van der Waals surface area contributed by atoms with Gasteiger partial charge in [0.25, 0.3) is 0 Å². The van der Waals surface area contributed by atoms with Crippen molar-refractivity contribution in [2.75, 3.05) is 46.5 Å². The number of halogens is 1. The van der Waals surface area contributed by atoms with E-state index in [1.165, 1.54) is 19.3 Å². The summed E-state index contributed by atoms with van der Waals surface area (Å²) in [5.41, 5.74) is 0.725. The van der Waals surface area contributed by atoms with Crippen molar-refractivity contribution in [3.05, 3.63) is 29.3 Å². The van der Waals surface area contributed by atoms with Crippen molar-refractivity contribution >= 4 is 11.9 Å². The normalized spacial score (nSPS) is 25.9. The average molecular weight is 433 g/mol. The Kier molecular flexibility index (Phi) is 6.80. The number of esters is 1. The van der Waals surface area contributed by atoms with Crippen LogP contribution in [-0.2, 0) is 15.1 Å². The average Bonchev–Trinajstić information content (AvgIpc) is 3.07. The van der Waals surface area contributed by atoms with E-state index in [1.807, 2.05) is 18.0 Å². The molecule has 1 amide bonds. The first-order valence-corrected chi connectivity index (χ1v) is 11.6. The second kappa shape index (κ2) is 9.55. The smallest absolute Gasteiger partial charge is 0.339 e. The van der Waals surface area contributed by atoms with Gasteiger partial charge in [-0.3, -0.25) is 4.79 Å². The molecule has 2 fully saturated rings. The molecule has 1 aliphatic carbocycles. The molecule has 1 aromatic rings. The molecule has 1 spiro atoms. The molecule has 0 unspecified atom stereocenters. The number of carbonyl (C=O) groups excluding carboxylic acids is 2. The van der Waals surface area contributed by atoms with Crippen LogP contribution in [0.2, 0.25) is 0 Å². The molecule has 0 atom stereocenters. The van der Waals surface area contributed by atoms with Crippen LogP contribution in [0.25, 0.3) is 0 Å². The standard InChI is InChI=1S/C24H33FN2O4/c1-26(14-15-27-12-3-2-4-13-27)22(28)18-7-9-24(10-8-18)21-6-5-19(30-16-11-25)17-20(21)23(29)31-24/h5-6,17-18H,2-4,7-16H2,1H3. The lowest BCUT2D eigenvalue weighted by Crippen LogP contribution is -2.43. The number of benzene rings is 1. The molecule has 2 aliphatic heterocycles. The van der Waals surface area contributed by atoms with E-state index in [0.717, 1.165) is 31.7 Å². The largest absolute Gasteiger partial charge is 0.491 e. The van der Waals surface area contributed by atoms with Gasteiger partial charge in [-0.05, 0) is 63.7 Å². The van der Waals surface area contributed by atoms with E-state index in [0.29, 0.717) is 37.0 Å². The SMILES string of the molecule is CN(CCN1CCCCC1)C(=O)C1CCC2(CC1)OC(=O)c1cc(OCCF)ccc12. The minimum Gasteiger partial charge on any atom is -0.491 e. The second-order valence-electron chi connectivity index (χ2n) is 9.07. The highest BCUT2D eigenvalue weighted by Crippen LogP contribution is 2.49. The zero-order valence-corrected chi connectivity index (χ0v) is 18.4. The van der Waals surface area contributed by atoms with E-state index in [-0.39, 0.29) is 24.4 Å². The molecule has 1 aromatic carbocycles. The van der Waals surface area contributed by atoms with Gasteiger partial charge in [0, 0.05) is 31.6 Å². The maximum atomic E-state index is 13.0. The molecule has 7 heteroatoms. The minimum atomic E-state index is -0.645. The Bertz CT molecular complexity index is 801. The molecule has 31 heavy (non-hydrogen) atoms. The number of hydrogen-bond donors (Lipinski definition) is 0. The Balaban J connectivity index is 1.34. The molecule has 0 radical (unpaired) electrons. The van der Waals surface area contributed by atoms with Gasteiger partial charge in [0.2, 0.25) is 5.91 Å². The third-order valence-electron chi connectivity index (χ3n) is 7.05. The monoisotopic (exact) mass is 432 g/mol. The van der Waals surface area contributed by atoms with Crippen molar-refractivity contribution in [3.63, 3.8) is 0 Å². The van der Waals surface area contributed by atoms with Crippen LogP contribution in [0.1, 0.15) is 60.9 Å². The molecular formula is C24H33FN2O4. The fourth-order valence-electron chi connectivity index (χ4n) is 5.22. The third kappa shape index (κ3) is 4.71. The highest BCUT2D eigenvalue weighted by atomic mass is 19.1. The second-order valence-corrected chi connectivity index (χ2v) is 9.07. The summed E-state index contributed by atoms with van der Waals surface area (Å²) < 4.78 is 23.5. The van der Waals surface area contributed by atoms with E-state index in [4.69, 9.17) is 9.47 Å². The summed E-state index contributed by atoms with van der Waals surface area (Å²) in [6.45, 7) is 3.37. The molecule has 1 saturated heterocycles. The number of piperidine rings is 1. The van der Waals surface area contributed by atoms with E-state index in [9.17, 15) is 14.0 Å². The van der Waals surface area contributed by atoms with Gasteiger partial charge in [0.1, 0.15) is 24.6 Å². The summed E-state index contributed by atoms with van der Waals surface area (Å²) in [6.07, 6.45) is 6.53. The third-order valence-corrected chi connectivity index (χ3v) is 7.05. The number of hydrogen-bond acceptors (Lipinski definition) is 5. The van der Waals surface area contributed by atoms with Crippen molar-refractivity contribution in [2.45, 2.75) is 50.5 Å². The molecule has 1 saturated carbocycles. The van der Waals surface area contributed by atoms with Crippen molar-refractivity contribution in [1.29, 1.82) is 0 Å². The molecule has 0 bridgehead atoms. The predicted octanol–water partition coefficient (Wildman–Crippen LogP) is 3.54. The summed E-state index contributed by atoms with van der Waals surface area (Å²) in [7, 11) is 1.90. The number of nitrogens with zero attached hydrogens (tertiary/aromatic N) is 2. The number of fused-ring (bicyclic) bond motifs is 2. The van der Waals surface area contributed by atoms with Crippen molar-refractivity contribution in [2.24, 2.45) is 5.92 Å². The number of amides is 1. The van der Waals surface area contributed by atoms with Crippen LogP contribution < -0.4 is 4.74 Å². The summed E-state index contributed by atoms with van der Waals surface area (Å²) in [4.78, 5) is 29.8. The van der Waals surface area contributed by atoms with Crippen molar-refractivity contribution in [1.82, 2.24) is 9.80 Å². The van der Waals surface area contributed by atoms with Gasteiger partial charge in [-0.25, -0.2) is 9.18 Å². The fourth-order valence-corrected chi connectivity index (χ4v) is 5.22. The Morgan fingerprint density at radius 2 is 2.00 bits per heavy atom. The quantitative estimate of drug-likeness (QED) is 0.617.